The first-order chi connectivity index (χ1) is 8.72. The van der Waals surface area contributed by atoms with E-state index in [0.29, 0.717) is 5.92 Å². The number of halogens is 1. The fourth-order valence-corrected chi connectivity index (χ4v) is 3.15. The van der Waals surface area contributed by atoms with E-state index in [1.54, 1.807) is 11.3 Å². The van der Waals surface area contributed by atoms with Crippen LogP contribution in [0.3, 0.4) is 0 Å². The van der Waals surface area contributed by atoms with E-state index in [2.05, 4.69) is 40.4 Å². The van der Waals surface area contributed by atoms with Crippen molar-refractivity contribution in [3.05, 3.63) is 39.1 Å². The summed E-state index contributed by atoms with van der Waals surface area (Å²) < 4.78 is 1.09. The molecule has 2 nitrogen and oxygen atoms in total. The number of rotatable bonds is 5. The zero-order valence-corrected chi connectivity index (χ0v) is 12.8. The van der Waals surface area contributed by atoms with E-state index >= 15 is 0 Å². The van der Waals surface area contributed by atoms with Gasteiger partial charge < -0.3 is 5.73 Å². The maximum absolute atomic E-state index is 5.74. The van der Waals surface area contributed by atoms with Gasteiger partial charge in [0, 0.05) is 21.8 Å². The van der Waals surface area contributed by atoms with E-state index in [1.165, 1.54) is 5.01 Å². The molecule has 1 aromatic carbocycles. The molecule has 1 heterocycles. The highest BCUT2D eigenvalue weighted by Crippen LogP contribution is 2.26. The fraction of sp³-hybridized carbons (Fsp3) is 0.357. The van der Waals surface area contributed by atoms with E-state index in [4.69, 9.17) is 10.7 Å². The van der Waals surface area contributed by atoms with Crippen LogP contribution in [0.15, 0.2) is 34.1 Å². The summed E-state index contributed by atoms with van der Waals surface area (Å²) in [4.78, 5) is 4.70. The molecule has 0 aliphatic rings. The maximum atomic E-state index is 5.74. The number of nitrogens with two attached hydrogens (primary N) is 1. The Bertz CT molecular complexity index is 506. The van der Waals surface area contributed by atoms with Crippen LogP contribution < -0.4 is 5.73 Å². The predicted molar refractivity (Wildman–Crippen MR) is 81.8 cm³/mol. The molecule has 1 unspecified atom stereocenters. The Labute approximate surface area is 120 Å². The third kappa shape index (κ3) is 3.40. The summed E-state index contributed by atoms with van der Waals surface area (Å²) in [7, 11) is 0. The average Bonchev–Trinajstić information content (AvgIpc) is 2.84. The Morgan fingerprint density at radius 2 is 2.28 bits per heavy atom. The summed E-state index contributed by atoms with van der Waals surface area (Å²) in [6, 6.07) is 8.24. The molecule has 0 spiro atoms. The van der Waals surface area contributed by atoms with Crippen molar-refractivity contribution in [2.24, 2.45) is 11.7 Å². The molecule has 0 saturated heterocycles. The van der Waals surface area contributed by atoms with Crippen molar-refractivity contribution in [2.45, 2.75) is 19.8 Å². The number of hydrogen-bond donors (Lipinski definition) is 1. The van der Waals surface area contributed by atoms with Crippen molar-refractivity contribution in [1.29, 1.82) is 0 Å². The molecule has 2 N–H and O–H groups in total. The Hall–Kier alpha value is -0.710. The quantitative estimate of drug-likeness (QED) is 0.899. The number of hydrogen-bond acceptors (Lipinski definition) is 3. The van der Waals surface area contributed by atoms with Gasteiger partial charge in [0.1, 0.15) is 0 Å². The first-order valence-corrected chi connectivity index (χ1v) is 7.80. The molecule has 96 valence electrons. The summed E-state index contributed by atoms with van der Waals surface area (Å²) in [6.07, 6.45) is 2.11. The van der Waals surface area contributed by atoms with Gasteiger partial charge in [-0.15, -0.1) is 11.3 Å². The minimum atomic E-state index is 0.548. The molecule has 0 aliphatic carbocycles. The van der Waals surface area contributed by atoms with Crippen LogP contribution in [0.2, 0.25) is 0 Å². The highest BCUT2D eigenvalue weighted by atomic mass is 79.9. The largest absolute Gasteiger partial charge is 0.330 e. The monoisotopic (exact) mass is 324 g/mol. The molecule has 0 amide bonds. The molecule has 2 rings (SSSR count). The van der Waals surface area contributed by atoms with Gasteiger partial charge in [-0.05, 0) is 24.6 Å². The summed E-state index contributed by atoms with van der Waals surface area (Å²) in [5.41, 5.74) is 7.96. The van der Waals surface area contributed by atoms with Crippen molar-refractivity contribution in [3.63, 3.8) is 0 Å². The molecular weight excluding hydrogens is 308 g/mol. The van der Waals surface area contributed by atoms with Gasteiger partial charge in [-0.3, -0.25) is 0 Å². The molecule has 0 fully saturated rings. The Kier molecular flexibility index (Phi) is 4.92. The second-order valence-electron chi connectivity index (χ2n) is 4.35. The zero-order valence-electron chi connectivity index (χ0n) is 10.4. The van der Waals surface area contributed by atoms with E-state index in [0.717, 1.165) is 35.1 Å². The molecule has 0 radical (unpaired) electrons. The molecule has 0 aliphatic heterocycles. The summed E-state index contributed by atoms with van der Waals surface area (Å²) in [5.74, 6) is 0.548. The molecular formula is C14H17BrN2S. The first-order valence-electron chi connectivity index (χ1n) is 6.13. The fourth-order valence-electron chi connectivity index (χ4n) is 1.83. The molecule has 4 heteroatoms. The van der Waals surface area contributed by atoms with E-state index in [9.17, 15) is 0 Å². The molecule has 2 aromatic rings. The van der Waals surface area contributed by atoms with Gasteiger partial charge in [-0.2, -0.15) is 0 Å². The second kappa shape index (κ2) is 6.45. The van der Waals surface area contributed by atoms with Gasteiger partial charge >= 0.3 is 0 Å². The van der Waals surface area contributed by atoms with Gasteiger partial charge in [0.25, 0.3) is 0 Å². The van der Waals surface area contributed by atoms with Gasteiger partial charge in [0.05, 0.1) is 10.7 Å². The smallest absolute Gasteiger partial charge is 0.0935 e. The first kappa shape index (κ1) is 13.7. The number of thiazole rings is 1. The molecule has 1 aromatic heterocycles. The van der Waals surface area contributed by atoms with E-state index < -0.39 is 0 Å². The van der Waals surface area contributed by atoms with Crippen LogP contribution in [0.1, 0.15) is 18.4 Å². The van der Waals surface area contributed by atoms with Crippen LogP contribution in [0, 0.1) is 5.92 Å². The van der Waals surface area contributed by atoms with E-state index in [-0.39, 0.29) is 0 Å². The van der Waals surface area contributed by atoms with Crippen molar-refractivity contribution >= 4 is 27.3 Å². The lowest BCUT2D eigenvalue weighted by Crippen LogP contribution is -2.15. The standard InChI is InChI=1S/C14H17BrN2S/c1-2-10(8-16)6-14-17-13(9-18-14)11-4-3-5-12(15)7-11/h3-5,7,9-10H,2,6,8,16H2,1H3. The topological polar surface area (TPSA) is 38.9 Å². The van der Waals surface area contributed by atoms with Crippen molar-refractivity contribution in [2.75, 3.05) is 6.54 Å². The third-order valence-electron chi connectivity index (χ3n) is 3.05. The lowest BCUT2D eigenvalue weighted by Gasteiger charge is -2.08. The number of nitrogens with zero attached hydrogens (tertiary/aromatic N) is 1. The third-order valence-corrected chi connectivity index (χ3v) is 4.41. The van der Waals surface area contributed by atoms with Gasteiger partial charge in [-0.25, -0.2) is 4.98 Å². The van der Waals surface area contributed by atoms with Crippen LogP contribution in [0.5, 0.6) is 0 Å². The van der Waals surface area contributed by atoms with E-state index in [1.807, 2.05) is 12.1 Å². The maximum Gasteiger partial charge on any atom is 0.0935 e. The lowest BCUT2D eigenvalue weighted by molar-refractivity contribution is 0.518. The Morgan fingerprint density at radius 3 is 2.94 bits per heavy atom. The van der Waals surface area contributed by atoms with Crippen molar-refractivity contribution in [3.8, 4) is 11.3 Å². The summed E-state index contributed by atoms with van der Waals surface area (Å²) >= 11 is 5.22. The average molecular weight is 325 g/mol. The second-order valence-corrected chi connectivity index (χ2v) is 6.21. The van der Waals surface area contributed by atoms with Gasteiger partial charge in [0.2, 0.25) is 0 Å². The SMILES string of the molecule is CCC(CN)Cc1nc(-c2cccc(Br)c2)cs1. The Morgan fingerprint density at radius 1 is 1.44 bits per heavy atom. The number of benzene rings is 1. The lowest BCUT2D eigenvalue weighted by atomic mass is 10.0. The van der Waals surface area contributed by atoms with Gasteiger partial charge in [-0.1, -0.05) is 41.4 Å². The Balaban J connectivity index is 2.15. The van der Waals surface area contributed by atoms with Crippen molar-refractivity contribution in [1.82, 2.24) is 4.98 Å². The van der Waals surface area contributed by atoms with Crippen LogP contribution in [0.25, 0.3) is 11.3 Å². The normalized spacial score (nSPS) is 12.6. The minimum Gasteiger partial charge on any atom is -0.330 e. The van der Waals surface area contributed by atoms with Crippen LogP contribution >= 0.6 is 27.3 Å². The minimum absolute atomic E-state index is 0.548. The van der Waals surface area contributed by atoms with Crippen LogP contribution in [-0.4, -0.2) is 11.5 Å². The highest BCUT2D eigenvalue weighted by Gasteiger charge is 2.10. The molecule has 0 bridgehead atoms. The van der Waals surface area contributed by atoms with Crippen molar-refractivity contribution < 1.29 is 0 Å². The van der Waals surface area contributed by atoms with Crippen LogP contribution in [-0.2, 0) is 6.42 Å². The van der Waals surface area contributed by atoms with Gasteiger partial charge in [0.15, 0.2) is 0 Å². The molecule has 0 saturated carbocycles. The predicted octanol–water partition coefficient (Wildman–Crippen LogP) is 4.10. The summed E-state index contributed by atoms with van der Waals surface area (Å²) in [5, 5.41) is 3.31. The molecule has 18 heavy (non-hydrogen) atoms. The molecule has 1 atom stereocenters. The highest BCUT2D eigenvalue weighted by molar-refractivity contribution is 9.10. The number of aromatic nitrogens is 1. The summed E-state index contributed by atoms with van der Waals surface area (Å²) in [6.45, 7) is 2.92. The van der Waals surface area contributed by atoms with Crippen LogP contribution in [0.4, 0.5) is 0 Å². The zero-order chi connectivity index (χ0) is 13.0.